The molecular weight excluding hydrogens is 928 g/mol. The van der Waals surface area contributed by atoms with Crippen LogP contribution in [0.1, 0.15) is 18.1 Å². The van der Waals surface area contributed by atoms with Crippen LogP contribution >= 0.6 is 23.6 Å². The molecule has 6 aromatic rings. The first kappa shape index (κ1) is 46.4. The number of ether oxygens (including phenoxy) is 1. The van der Waals surface area contributed by atoms with E-state index in [0.29, 0.717) is 29.7 Å². The van der Waals surface area contributed by atoms with E-state index in [1.54, 1.807) is 31.2 Å². The van der Waals surface area contributed by atoms with E-state index >= 15 is 0 Å². The fourth-order valence-corrected chi connectivity index (χ4v) is 9.10. The van der Waals surface area contributed by atoms with Crippen LogP contribution in [0, 0.1) is 6.92 Å². The summed E-state index contributed by atoms with van der Waals surface area (Å²) in [6, 6.07) is 26.4. The highest BCUT2D eigenvalue weighted by Crippen LogP contribution is 2.47. The number of nitrogens with zero attached hydrogens (tertiary/aromatic N) is 3. The van der Waals surface area contributed by atoms with Crippen LogP contribution in [-0.4, -0.2) is 62.1 Å². The smallest absolute Gasteiger partial charge is 0.294 e. The lowest BCUT2D eigenvalue weighted by molar-refractivity contribution is -0.432. The quantitative estimate of drug-likeness (QED) is 0.0141. The van der Waals surface area contributed by atoms with Crippen LogP contribution in [-0.2, 0) is 50.3 Å². The maximum Gasteiger partial charge on any atom is 0.294 e. The number of azo groups is 1. The number of para-hydroxylation sites is 2. The third-order valence-corrected chi connectivity index (χ3v) is 12.9. The highest BCUT2D eigenvalue weighted by Gasteiger charge is 2.37. The third kappa shape index (κ3) is 10.5. The summed E-state index contributed by atoms with van der Waals surface area (Å²) in [7, 11) is -8.97. The molecule has 3 amide bonds. The number of aryl methyl sites for hydroxylation is 1. The molecule has 336 valence electrons. The minimum absolute atomic E-state index is 0.00486. The van der Waals surface area contributed by atoms with Crippen LogP contribution in [0.3, 0.4) is 0 Å². The standard InChI is InChI=1S/C42H35ClN6O13S3/c1-23-11-16-29(64(55,56)48-32-9-5-4-8-31(32)43)21-33(23)45-41(52)40(42(53)49-18-17-25-7-3-6-10-35(25)49)60-28-14-12-27(13-15-28)46-47-38-36(63-62-61-54)20-26-19-30(65(57,58)59)22-34(44-24(2)50)37(26)39(38)51/h3-16,19-22,40,48,51,54H,17-18H2,1-2H3,(H,44,50)(H,45,52)(H,57,58,59). The molecule has 0 saturated heterocycles. The molecule has 6 N–H and O–H groups in total. The molecule has 1 heterocycles. The summed E-state index contributed by atoms with van der Waals surface area (Å²) in [5, 5.41) is 37.4. The second kappa shape index (κ2) is 19.2. The molecule has 0 bridgehead atoms. The lowest BCUT2D eigenvalue weighted by Gasteiger charge is -2.24. The van der Waals surface area contributed by atoms with Crippen molar-refractivity contribution in [2.24, 2.45) is 10.2 Å². The van der Waals surface area contributed by atoms with Gasteiger partial charge in [-0.1, -0.05) is 53.0 Å². The monoisotopic (exact) mass is 962 g/mol. The molecule has 0 aromatic heterocycles. The number of aromatic hydroxyl groups is 1. The number of phenols is 1. The molecule has 0 aliphatic carbocycles. The average molecular weight is 963 g/mol. The van der Waals surface area contributed by atoms with Crippen molar-refractivity contribution in [1.29, 1.82) is 0 Å². The van der Waals surface area contributed by atoms with Crippen molar-refractivity contribution in [1.82, 2.24) is 0 Å². The summed E-state index contributed by atoms with van der Waals surface area (Å²) in [6.45, 7) is 3.04. The Kier molecular flexibility index (Phi) is 13.7. The lowest BCUT2D eigenvalue weighted by Crippen LogP contribution is -2.48. The summed E-state index contributed by atoms with van der Waals surface area (Å²) in [5.74, 6) is -2.83. The predicted molar refractivity (Wildman–Crippen MR) is 240 cm³/mol. The Labute approximate surface area is 379 Å². The van der Waals surface area contributed by atoms with E-state index in [2.05, 4.69) is 35.0 Å². The number of sulfonamides is 1. The van der Waals surface area contributed by atoms with Crippen molar-refractivity contribution < 1.29 is 60.2 Å². The molecule has 0 saturated carbocycles. The molecule has 1 unspecified atom stereocenters. The second-order valence-electron chi connectivity index (χ2n) is 14.1. The maximum atomic E-state index is 14.3. The first-order valence-corrected chi connectivity index (χ1v) is 23.0. The molecule has 1 aliphatic heterocycles. The fourth-order valence-electron chi connectivity index (χ4n) is 6.72. The van der Waals surface area contributed by atoms with Crippen molar-refractivity contribution in [3.63, 3.8) is 0 Å². The van der Waals surface area contributed by atoms with Crippen molar-refractivity contribution in [3.05, 3.63) is 125 Å². The zero-order valence-electron chi connectivity index (χ0n) is 33.8. The summed E-state index contributed by atoms with van der Waals surface area (Å²) in [4.78, 5) is 41.0. The van der Waals surface area contributed by atoms with Gasteiger partial charge in [0, 0.05) is 30.2 Å². The number of carbonyl (C=O) groups is 3. The van der Waals surface area contributed by atoms with Gasteiger partial charge in [-0.2, -0.15) is 13.5 Å². The molecule has 0 fully saturated rings. The molecule has 0 spiro atoms. The van der Waals surface area contributed by atoms with Crippen LogP contribution in [0.25, 0.3) is 10.8 Å². The maximum absolute atomic E-state index is 14.3. The number of carbonyl (C=O) groups excluding carboxylic acids is 3. The van der Waals surface area contributed by atoms with Crippen molar-refractivity contribution >= 4 is 106 Å². The third-order valence-electron chi connectivity index (χ3n) is 9.75. The Morgan fingerprint density at radius 2 is 1.55 bits per heavy atom. The van der Waals surface area contributed by atoms with E-state index in [1.165, 1.54) is 65.6 Å². The van der Waals surface area contributed by atoms with Gasteiger partial charge in [-0.15, -0.1) is 9.45 Å². The topological polar surface area (TPSA) is 272 Å². The number of anilines is 4. The van der Waals surface area contributed by atoms with Gasteiger partial charge in [-0.3, -0.25) is 23.7 Å². The number of halogens is 1. The van der Waals surface area contributed by atoms with Crippen molar-refractivity contribution in [2.45, 2.75) is 41.1 Å². The second-order valence-corrected chi connectivity index (χ2v) is 18.4. The van der Waals surface area contributed by atoms with Gasteiger partial charge in [0.2, 0.25) is 5.91 Å². The van der Waals surface area contributed by atoms with E-state index in [4.69, 9.17) is 21.6 Å². The summed E-state index contributed by atoms with van der Waals surface area (Å²) < 4.78 is 73.6. The molecule has 23 heteroatoms. The Morgan fingerprint density at radius 1 is 0.846 bits per heavy atom. The number of amides is 3. The van der Waals surface area contributed by atoms with Crippen molar-refractivity contribution in [2.75, 3.05) is 26.8 Å². The zero-order chi connectivity index (χ0) is 46.6. The number of benzene rings is 6. The number of phenolic OH excluding ortho intramolecular Hbond substituents is 1. The molecule has 1 aliphatic rings. The van der Waals surface area contributed by atoms with Crippen molar-refractivity contribution in [3.8, 4) is 11.5 Å². The number of hydrogen-bond donors (Lipinski definition) is 6. The molecule has 1 atom stereocenters. The summed E-state index contributed by atoms with van der Waals surface area (Å²) in [6.07, 6.45) is -1.27. The predicted octanol–water partition coefficient (Wildman–Crippen LogP) is 8.33. The molecule has 65 heavy (non-hydrogen) atoms. The largest absolute Gasteiger partial charge is 0.505 e. The fraction of sp³-hybridized carbons (Fsp3) is 0.119. The Morgan fingerprint density at radius 3 is 2.26 bits per heavy atom. The van der Waals surface area contributed by atoms with Gasteiger partial charge in [0.15, 0.2) is 5.75 Å². The molecule has 0 radical (unpaired) electrons. The van der Waals surface area contributed by atoms with E-state index in [1.807, 2.05) is 12.1 Å². The number of hydrogen-bond acceptors (Lipinski definition) is 15. The minimum atomic E-state index is -4.78. The summed E-state index contributed by atoms with van der Waals surface area (Å²) in [5.41, 5.74) is 1.86. The lowest BCUT2D eigenvalue weighted by atomic mass is 10.1. The van der Waals surface area contributed by atoms with E-state index in [9.17, 15) is 40.9 Å². The average Bonchev–Trinajstić information content (AvgIpc) is 3.70. The minimum Gasteiger partial charge on any atom is -0.505 e. The molecule has 7 rings (SSSR count). The van der Waals surface area contributed by atoms with Gasteiger partial charge in [0.05, 0.1) is 48.8 Å². The van der Waals surface area contributed by atoms with Crippen LogP contribution in [0.2, 0.25) is 5.02 Å². The van der Waals surface area contributed by atoms with Gasteiger partial charge in [0.1, 0.15) is 11.4 Å². The van der Waals surface area contributed by atoms with Gasteiger partial charge in [-0.05, 0) is 103 Å². The Bertz CT molecular complexity index is 3120. The zero-order valence-corrected chi connectivity index (χ0v) is 37.0. The highest BCUT2D eigenvalue weighted by atomic mass is 35.5. The number of fused-ring (bicyclic) bond motifs is 2. The molecule has 19 nitrogen and oxygen atoms in total. The Hall–Kier alpha value is -6.63. The molecular formula is C42H35ClN6O13S3. The highest BCUT2D eigenvalue weighted by molar-refractivity contribution is 7.94. The number of nitrogens with one attached hydrogen (secondary N) is 3. The first-order chi connectivity index (χ1) is 30.9. The van der Waals surface area contributed by atoms with Crippen LogP contribution in [0.15, 0.2) is 134 Å². The van der Waals surface area contributed by atoms with Crippen LogP contribution in [0.4, 0.5) is 34.1 Å². The van der Waals surface area contributed by atoms with Gasteiger partial charge in [-0.25, -0.2) is 13.7 Å². The van der Waals surface area contributed by atoms with Crippen LogP contribution < -0.4 is 25.0 Å². The molecule has 6 aromatic carbocycles. The Balaban J connectivity index is 1.19. The van der Waals surface area contributed by atoms with E-state index in [-0.39, 0.29) is 66.3 Å². The van der Waals surface area contributed by atoms with Gasteiger partial charge >= 0.3 is 0 Å². The first-order valence-electron chi connectivity index (χ1n) is 18.9. The van der Waals surface area contributed by atoms with E-state index in [0.717, 1.165) is 24.6 Å². The normalized spacial score (nSPS) is 13.1. The SMILES string of the molecule is CC(=O)Nc1cc(S(=O)(=O)O)cc2cc(SOOO)c(N=Nc3ccc(OC(C(=O)Nc4cc(S(=O)(=O)Nc5ccccc5Cl)ccc4C)C(=O)N4CCc5ccccc54)cc3)c(O)c12. The van der Waals surface area contributed by atoms with Gasteiger partial charge in [0.25, 0.3) is 38.1 Å². The van der Waals surface area contributed by atoms with Crippen LogP contribution in [0.5, 0.6) is 11.5 Å². The summed E-state index contributed by atoms with van der Waals surface area (Å²) >= 11 is 6.54. The number of rotatable bonds is 15. The van der Waals surface area contributed by atoms with Gasteiger partial charge < -0.3 is 25.4 Å². The van der Waals surface area contributed by atoms with E-state index < -0.39 is 54.6 Å².